The van der Waals surface area contributed by atoms with E-state index in [1.165, 1.54) is 0 Å². The van der Waals surface area contributed by atoms with E-state index < -0.39 is 0 Å². The minimum atomic E-state index is -0.142. The predicted octanol–water partition coefficient (Wildman–Crippen LogP) is 3.95. The van der Waals surface area contributed by atoms with E-state index in [2.05, 4.69) is 10.6 Å². The first-order chi connectivity index (χ1) is 12.2. The van der Waals surface area contributed by atoms with Crippen LogP contribution in [0.25, 0.3) is 0 Å². The molecule has 2 aromatic rings. The number of anilines is 2. The largest absolute Gasteiger partial charge is 0.491 e. The number of halogens is 1. The quantitative estimate of drug-likeness (QED) is 0.785. The average molecular weight is 361 g/mol. The van der Waals surface area contributed by atoms with Crippen LogP contribution in [0.1, 0.15) is 12.8 Å². The molecule has 2 N–H and O–H groups in total. The zero-order valence-corrected chi connectivity index (χ0v) is 14.6. The Morgan fingerprint density at radius 3 is 2.84 bits per heavy atom. The third-order valence-electron chi connectivity index (χ3n) is 3.86. The Balaban J connectivity index is 1.48. The van der Waals surface area contributed by atoms with Gasteiger partial charge in [0.25, 0.3) is 0 Å². The number of carbonyl (C=O) groups excluding carboxylic acids is 1. The summed E-state index contributed by atoms with van der Waals surface area (Å²) in [4.78, 5) is 12.1. The van der Waals surface area contributed by atoms with Crippen LogP contribution >= 0.6 is 11.6 Å². The van der Waals surface area contributed by atoms with Crippen LogP contribution in [0.5, 0.6) is 5.75 Å². The Bertz CT molecular complexity index is 717. The highest BCUT2D eigenvalue weighted by Gasteiger charge is 2.16. The van der Waals surface area contributed by atoms with E-state index in [4.69, 9.17) is 21.1 Å². The molecule has 0 radical (unpaired) electrons. The lowest BCUT2D eigenvalue weighted by Crippen LogP contribution is -2.21. The summed E-state index contributed by atoms with van der Waals surface area (Å²) in [7, 11) is 0. The summed E-state index contributed by atoms with van der Waals surface area (Å²) >= 11 is 5.92. The first kappa shape index (κ1) is 17.6. The molecule has 25 heavy (non-hydrogen) atoms. The monoisotopic (exact) mass is 360 g/mol. The van der Waals surface area contributed by atoms with Gasteiger partial charge in [0.15, 0.2) is 0 Å². The maximum Gasteiger partial charge on any atom is 0.243 e. The van der Waals surface area contributed by atoms with Crippen molar-refractivity contribution in [2.24, 2.45) is 0 Å². The van der Waals surface area contributed by atoms with Crippen molar-refractivity contribution < 1.29 is 14.3 Å². The van der Waals surface area contributed by atoms with Gasteiger partial charge in [0.2, 0.25) is 5.91 Å². The number of amides is 1. The Morgan fingerprint density at radius 1 is 1.20 bits per heavy atom. The van der Waals surface area contributed by atoms with Crippen LogP contribution in [0, 0.1) is 0 Å². The van der Waals surface area contributed by atoms with Crippen LogP contribution in [0.4, 0.5) is 11.4 Å². The smallest absolute Gasteiger partial charge is 0.243 e. The van der Waals surface area contributed by atoms with Crippen molar-refractivity contribution in [2.45, 2.75) is 18.9 Å². The summed E-state index contributed by atoms with van der Waals surface area (Å²) in [6, 6.07) is 14.6. The lowest BCUT2D eigenvalue weighted by molar-refractivity contribution is -0.114. The topological polar surface area (TPSA) is 59.6 Å². The molecule has 5 nitrogen and oxygen atoms in total. The summed E-state index contributed by atoms with van der Waals surface area (Å²) in [6.45, 7) is 1.50. The number of hydrogen-bond acceptors (Lipinski definition) is 4. The lowest BCUT2D eigenvalue weighted by Gasteiger charge is -2.13. The molecule has 1 amide bonds. The molecular formula is C19H21ClN2O3. The summed E-state index contributed by atoms with van der Waals surface area (Å²) in [6.07, 6.45) is 2.29. The summed E-state index contributed by atoms with van der Waals surface area (Å²) in [5.74, 6) is 0.576. The van der Waals surface area contributed by atoms with Crippen molar-refractivity contribution in [1.29, 1.82) is 0 Å². The summed E-state index contributed by atoms with van der Waals surface area (Å²) in [5, 5.41) is 6.51. The van der Waals surface area contributed by atoms with E-state index in [0.717, 1.165) is 30.9 Å². The number of benzene rings is 2. The van der Waals surface area contributed by atoms with Crippen molar-refractivity contribution in [1.82, 2.24) is 0 Å². The molecule has 132 valence electrons. The van der Waals surface area contributed by atoms with Crippen LogP contribution in [0.3, 0.4) is 0 Å². The molecule has 0 saturated carbocycles. The Hall–Kier alpha value is -2.24. The molecule has 1 unspecified atom stereocenters. The van der Waals surface area contributed by atoms with Gasteiger partial charge < -0.3 is 20.1 Å². The fraction of sp³-hybridized carbons (Fsp3) is 0.316. The van der Waals surface area contributed by atoms with Gasteiger partial charge in [-0.3, -0.25) is 4.79 Å². The highest BCUT2D eigenvalue weighted by Crippen LogP contribution is 2.20. The standard InChI is InChI=1S/C19H21ClN2O3/c20-14-4-1-5-15(10-14)21-12-19(23)22-16-6-2-7-17(11-16)25-13-18-8-3-9-24-18/h1-2,4-7,10-11,18,21H,3,8-9,12-13H2,(H,22,23). The minimum Gasteiger partial charge on any atom is -0.491 e. The van der Waals surface area contributed by atoms with Crippen molar-refractivity contribution in [3.05, 3.63) is 53.6 Å². The van der Waals surface area contributed by atoms with Crippen LogP contribution in [-0.4, -0.2) is 31.8 Å². The first-order valence-corrected chi connectivity index (χ1v) is 8.70. The third kappa shape index (κ3) is 5.66. The molecule has 1 aliphatic rings. The summed E-state index contributed by atoms with van der Waals surface area (Å²) < 4.78 is 11.3. The van der Waals surface area contributed by atoms with Gasteiger partial charge in [-0.15, -0.1) is 0 Å². The van der Waals surface area contributed by atoms with E-state index in [1.807, 2.05) is 36.4 Å². The Morgan fingerprint density at radius 2 is 2.04 bits per heavy atom. The molecule has 1 fully saturated rings. The highest BCUT2D eigenvalue weighted by molar-refractivity contribution is 6.30. The summed E-state index contributed by atoms with van der Waals surface area (Å²) in [5.41, 5.74) is 1.50. The van der Waals surface area contributed by atoms with Gasteiger partial charge in [0.1, 0.15) is 12.4 Å². The third-order valence-corrected chi connectivity index (χ3v) is 4.09. The second-order valence-electron chi connectivity index (χ2n) is 5.89. The Kier molecular flexibility index (Phi) is 6.14. The van der Waals surface area contributed by atoms with Crippen molar-refractivity contribution in [3.8, 4) is 5.75 Å². The van der Waals surface area contributed by atoms with Crippen molar-refractivity contribution >= 4 is 28.9 Å². The van der Waals surface area contributed by atoms with Crippen LogP contribution in [0.15, 0.2) is 48.5 Å². The minimum absolute atomic E-state index is 0.142. The second kappa shape index (κ2) is 8.74. The molecule has 0 spiro atoms. The zero-order chi connectivity index (χ0) is 17.5. The fourth-order valence-electron chi connectivity index (χ4n) is 2.61. The van der Waals surface area contributed by atoms with Gasteiger partial charge in [-0.05, 0) is 43.2 Å². The normalized spacial score (nSPS) is 16.4. The number of nitrogens with one attached hydrogen (secondary N) is 2. The maximum atomic E-state index is 12.1. The molecule has 1 saturated heterocycles. The number of carbonyl (C=O) groups is 1. The molecule has 3 rings (SSSR count). The predicted molar refractivity (Wildman–Crippen MR) is 99.5 cm³/mol. The van der Waals surface area contributed by atoms with Gasteiger partial charge in [-0.1, -0.05) is 23.7 Å². The molecule has 1 atom stereocenters. The number of rotatable bonds is 7. The number of hydrogen-bond donors (Lipinski definition) is 2. The maximum absolute atomic E-state index is 12.1. The molecule has 2 aromatic carbocycles. The van der Waals surface area contributed by atoms with Crippen molar-refractivity contribution in [3.63, 3.8) is 0 Å². The van der Waals surface area contributed by atoms with Gasteiger partial charge in [0, 0.05) is 29.1 Å². The second-order valence-corrected chi connectivity index (χ2v) is 6.32. The fourth-order valence-corrected chi connectivity index (χ4v) is 2.80. The number of ether oxygens (including phenoxy) is 2. The van der Waals surface area contributed by atoms with Crippen molar-refractivity contribution in [2.75, 3.05) is 30.4 Å². The Labute approximate surface area is 152 Å². The molecule has 0 bridgehead atoms. The highest BCUT2D eigenvalue weighted by atomic mass is 35.5. The molecule has 6 heteroatoms. The molecule has 1 heterocycles. The van der Waals surface area contributed by atoms with E-state index >= 15 is 0 Å². The molecule has 1 aliphatic heterocycles. The zero-order valence-electron chi connectivity index (χ0n) is 13.8. The SMILES string of the molecule is O=C(CNc1cccc(Cl)c1)Nc1cccc(OCC2CCCO2)c1. The average Bonchev–Trinajstić information content (AvgIpc) is 3.12. The van der Waals surface area contributed by atoms with E-state index in [-0.39, 0.29) is 18.6 Å². The first-order valence-electron chi connectivity index (χ1n) is 8.33. The van der Waals surface area contributed by atoms with E-state index in [1.54, 1.807) is 12.1 Å². The van der Waals surface area contributed by atoms with Gasteiger partial charge >= 0.3 is 0 Å². The molecule has 0 aliphatic carbocycles. The van der Waals surface area contributed by atoms with Crippen LogP contribution < -0.4 is 15.4 Å². The molecule has 0 aromatic heterocycles. The van der Waals surface area contributed by atoms with E-state index in [9.17, 15) is 4.79 Å². The molecular weight excluding hydrogens is 340 g/mol. The van der Waals surface area contributed by atoms with Gasteiger partial charge in [-0.25, -0.2) is 0 Å². The van der Waals surface area contributed by atoms with Crippen LogP contribution in [-0.2, 0) is 9.53 Å². The van der Waals surface area contributed by atoms with E-state index in [0.29, 0.717) is 17.3 Å². The lowest BCUT2D eigenvalue weighted by atomic mass is 10.2. The van der Waals surface area contributed by atoms with Gasteiger partial charge in [-0.2, -0.15) is 0 Å². The van der Waals surface area contributed by atoms with Gasteiger partial charge in [0.05, 0.1) is 12.6 Å². The van der Waals surface area contributed by atoms with Crippen LogP contribution in [0.2, 0.25) is 5.02 Å².